The Labute approximate surface area is 266 Å². The number of nitro groups is 1. The van der Waals surface area contributed by atoms with Crippen LogP contribution in [-0.4, -0.2) is 55.3 Å². The number of nitrogens with one attached hydrogen (secondary N) is 1. The molecular weight excluding hydrogens is 631 g/mol. The van der Waals surface area contributed by atoms with E-state index in [4.69, 9.17) is 27.9 Å². The van der Waals surface area contributed by atoms with E-state index in [1.165, 1.54) is 62.3 Å². The Kier molecular flexibility index (Phi) is 10.9. The Morgan fingerprint density at radius 3 is 2.20 bits per heavy atom. The zero-order chi connectivity index (χ0) is 33.0. The normalized spacial score (nSPS) is 12.3. The van der Waals surface area contributed by atoms with Crippen LogP contribution in [0.25, 0.3) is 0 Å². The number of rotatable bonds is 11. The van der Waals surface area contributed by atoms with Crippen LogP contribution in [-0.2, 0) is 26.2 Å². The first-order chi connectivity index (χ1) is 20.4. The second-order valence-corrected chi connectivity index (χ2v) is 13.8. The number of nitrogens with zero attached hydrogens (tertiary/aromatic N) is 3. The maximum Gasteiger partial charge on any atom is 0.273 e. The van der Waals surface area contributed by atoms with Gasteiger partial charge in [0.1, 0.15) is 18.3 Å². The van der Waals surface area contributed by atoms with Gasteiger partial charge in [-0.05, 0) is 82.6 Å². The van der Waals surface area contributed by atoms with Gasteiger partial charge in [-0.3, -0.25) is 24.0 Å². The van der Waals surface area contributed by atoms with Gasteiger partial charge in [0.25, 0.3) is 15.7 Å². The van der Waals surface area contributed by atoms with Crippen molar-refractivity contribution in [2.45, 2.75) is 57.6 Å². The van der Waals surface area contributed by atoms with Gasteiger partial charge in [-0.1, -0.05) is 35.3 Å². The molecule has 0 aromatic heterocycles. The van der Waals surface area contributed by atoms with Crippen molar-refractivity contribution in [2.75, 3.05) is 18.0 Å². The van der Waals surface area contributed by atoms with Gasteiger partial charge < -0.3 is 15.0 Å². The summed E-state index contributed by atoms with van der Waals surface area (Å²) in [7, 11) is -3.09. The van der Waals surface area contributed by atoms with Crippen LogP contribution in [0.5, 0.6) is 5.75 Å². The smallest absolute Gasteiger partial charge is 0.273 e. The molecule has 0 aliphatic heterocycles. The van der Waals surface area contributed by atoms with Crippen LogP contribution in [0.15, 0.2) is 65.6 Å². The number of sulfonamides is 1. The summed E-state index contributed by atoms with van der Waals surface area (Å²) in [5.74, 6) is -0.732. The maximum absolute atomic E-state index is 14.1. The van der Waals surface area contributed by atoms with Gasteiger partial charge in [-0.15, -0.1) is 0 Å². The molecule has 0 saturated heterocycles. The molecule has 0 aliphatic carbocycles. The SMILES string of the molecule is COc1ccc(N(CC(=O)N(Cc2ccc(Cl)c(Cl)c2)[C@H](C)C(=O)NC(C)(C)C)S(=O)(=O)c2ccc(C)c([N+](=O)[O-])c2)cc1. The number of amides is 2. The molecule has 1 N–H and O–H groups in total. The molecule has 236 valence electrons. The van der Waals surface area contributed by atoms with Crippen LogP contribution in [0.1, 0.15) is 38.8 Å². The fraction of sp³-hybridized carbons (Fsp3) is 0.333. The fourth-order valence-corrected chi connectivity index (χ4v) is 6.00. The monoisotopic (exact) mass is 664 g/mol. The molecule has 0 fully saturated rings. The Balaban J connectivity index is 2.11. The lowest BCUT2D eigenvalue weighted by Crippen LogP contribution is -2.54. The third-order valence-corrected chi connectivity index (χ3v) is 9.12. The predicted octanol–water partition coefficient (Wildman–Crippen LogP) is 5.75. The van der Waals surface area contributed by atoms with Crippen molar-refractivity contribution in [1.29, 1.82) is 0 Å². The second kappa shape index (κ2) is 13.8. The Morgan fingerprint density at radius 1 is 1.02 bits per heavy atom. The molecule has 0 aliphatic rings. The summed E-state index contributed by atoms with van der Waals surface area (Å²) >= 11 is 12.3. The molecule has 3 aromatic rings. The third kappa shape index (κ3) is 8.40. The predicted molar refractivity (Wildman–Crippen MR) is 170 cm³/mol. The van der Waals surface area contributed by atoms with Gasteiger partial charge in [-0.2, -0.15) is 0 Å². The summed E-state index contributed by atoms with van der Waals surface area (Å²) in [6, 6.07) is 13.2. The molecule has 3 rings (SSSR count). The van der Waals surface area contributed by atoms with Crippen molar-refractivity contribution in [2.24, 2.45) is 0 Å². The summed E-state index contributed by atoms with van der Waals surface area (Å²) in [4.78, 5) is 39.1. The number of carbonyl (C=O) groups excluding carboxylic acids is 2. The summed E-state index contributed by atoms with van der Waals surface area (Å²) in [6.07, 6.45) is 0. The first-order valence-corrected chi connectivity index (χ1v) is 15.6. The van der Waals surface area contributed by atoms with Gasteiger partial charge in [0, 0.05) is 23.7 Å². The molecule has 0 unspecified atom stereocenters. The van der Waals surface area contributed by atoms with E-state index in [0.717, 1.165) is 10.4 Å². The van der Waals surface area contributed by atoms with Gasteiger partial charge in [0.05, 0.1) is 32.7 Å². The van der Waals surface area contributed by atoms with E-state index in [9.17, 15) is 28.1 Å². The number of ether oxygens (including phenoxy) is 1. The number of benzene rings is 3. The molecule has 44 heavy (non-hydrogen) atoms. The quantitative estimate of drug-likeness (QED) is 0.203. The van der Waals surface area contributed by atoms with Crippen LogP contribution >= 0.6 is 23.2 Å². The molecule has 0 saturated carbocycles. The van der Waals surface area contributed by atoms with E-state index < -0.39 is 44.9 Å². The van der Waals surface area contributed by atoms with E-state index in [-0.39, 0.29) is 33.4 Å². The van der Waals surface area contributed by atoms with Crippen LogP contribution in [0.3, 0.4) is 0 Å². The average molecular weight is 666 g/mol. The molecule has 3 aromatic carbocycles. The Morgan fingerprint density at radius 2 is 1.66 bits per heavy atom. The molecule has 14 heteroatoms. The minimum absolute atomic E-state index is 0.0963. The highest BCUT2D eigenvalue weighted by Crippen LogP contribution is 2.30. The van der Waals surface area contributed by atoms with Gasteiger partial charge in [0.2, 0.25) is 11.8 Å². The topological polar surface area (TPSA) is 139 Å². The number of anilines is 1. The van der Waals surface area contributed by atoms with E-state index in [1.807, 2.05) is 0 Å². The molecule has 11 nitrogen and oxygen atoms in total. The van der Waals surface area contributed by atoms with Crippen LogP contribution in [0.4, 0.5) is 11.4 Å². The minimum atomic E-state index is -4.53. The summed E-state index contributed by atoms with van der Waals surface area (Å²) in [5, 5.41) is 15.0. The molecule has 0 bridgehead atoms. The average Bonchev–Trinajstić information content (AvgIpc) is 2.95. The lowest BCUT2D eigenvalue weighted by Gasteiger charge is -2.33. The molecule has 1 atom stereocenters. The largest absolute Gasteiger partial charge is 0.497 e. The van der Waals surface area contributed by atoms with Gasteiger partial charge >= 0.3 is 0 Å². The van der Waals surface area contributed by atoms with Gasteiger partial charge in [0.15, 0.2) is 0 Å². The highest BCUT2D eigenvalue weighted by atomic mass is 35.5. The number of hydrogen-bond acceptors (Lipinski definition) is 7. The van der Waals surface area contributed by atoms with Crippen LogP contribution in [0.2, 0.25) is 10.0 Å². The highest BCUT2D eigenvalue weighted by Gasteiger charge is 2.34. The highest BCUT2D eigenvalue weighted by molar-refractivity contribution is 7.92. The van der Waals surface area contributed by atoms with Crippen LogP contribution < -0.4 is 14.4 Å². The number of nitro benzene ring substituents is 1. The summed E-state index contributed by atoms with van der Waals surface area (Å²) in [5.41, 5.74) is -0.0735. The Hall–Kier alpha value is -3.87. The molecule has 0 radical (unpaired) electrons. The van der Waals surface area contributed by atoms with Crippen molar-refractivity contribution < 1.29 is 27.7 Å². The van der Waals surface area contributed by atoms with Gasteiger partial charge in [-0.25, -0.2) is 8.42 Å². The molecular formula is C30H34Cl2N4O7S. The zero-order valence-corrected chi connectivity index (χ0v) is 27.5. The number of hydrogen-bond donors (Lipinski definition) is 1. The molecule has 0 heterocycles. The first kappa shape index (κ1) is 34.6. The Bertz CT molecular complexity index is 1660. The standard InChI is InChI=1S/C30H34Cl2N4O7S/c1-19-7-13-24(16-27(19)36(39)40)44(41,42)35(22-9-11-23(43-6)12-10-22)18-28(37)34(20(2)29(38)33-30(3,4)5)17-21-8-14-25(31)26(32)15-21/h7-16,20H,17-18H2,1-6H3,(H,33,38)/t20-/m1/s1. The van der Waals surface area contributed by atoms with Crippen LogP contribution in [0, 0.1) is 17.0 Å². The van der Waals surface area contributed by atoms with Crippen molar-refractivity contribution >= 4 is 56.4 Å². The number of aryl methyl sites for hydroxylation is 1. The number of methoxy groups -OCH3 is 1. The second-order valence-electron chi connectivity index (χ2n) is 11.1. The summed E-state index contributed by atoms with van der Waals surface area (Å²) in [6.45, 7) is 7.58. The van der Waals surface area contributed by atoms with E-state index in [2.05, 4.69) is 5.32 Å². The van der Waals surface area contributed by atoms with Crippen molar-refractivity contribution in [1.82, 2.24) is 10.2 Å². The van der Waals surface area contributed by atoms with Crippen molar-refractivity contribution in [3.05, 3.63) is 92.0 Å². The minimum Gasteiger partial charge on any atom is -0.497 e. The molecule has 2 amide bonds. The maximum atomic E-state index is 14.1. The third-order valence-electron chi connectivity index (χ3n) is 6.61. The van der Waals surface area contributed by atoms with E-state index in [0.29, 0.717) is 16.3 Å². The van der Waals surface area contributed by atoms with E-state index in [1.54, 1.807) is 39.0 Å². The zero-order valence-electron chi connectivity index (χ0n) is 25.1. The number of carbonyl (C=O) groups is 2. The first-order valence-electron chi connectivity index (χ1n) is 13.4. The van der Waals surface area contributed by atoms with Crippen molar-refractivity contribution in [3.63, 3.8) is 0 Å². The number of halogens is 2. The van der Waals surface area contributed by atoms with E-state index >= 15 is 0 Å². The van der Waals surface area contributed by atoms with Crippen molar-refractivity contribution in [3.8, 4) is 5.75 Å². The lowest BCUT2D eigenvalue weighted by molar-refractivity contribution is -0.385. The summed E-state index contributed by atoms with van der Waals surface area (Å²) < 4.78 is 34.1. The molecule has 0 spiro atoms. The lowest BCUT2D eigenvalue weighted by atomic mass is 10.1. The fourth-order valence-electron chi connectivity index (χ4n) is 4.24.